The first-order chi connectivity index (χ1) is 12.3. The van der Waals surface area contributed by atoms with E-state index in [0.717, 1.165) is 0 Å². The van der Waals surface area contributed by atoms with Gasteiger partial charge in [-0.25, -0.2) is 9.59 Å². The molecule has 0 spiro atoms. The second kappa shape index (κ2) is 6.64. The number of nitrogens with one attached hydrogen (secondary N) is 3. The fourth-order valence-electron chi connectivity index (χ4n) is 3.10. The number of carbonyl (C=O) groups is 4. The minimum absolute atomic E-state index is 0.293. The first kappa shape index (κ1) is 18.2. The average Bonchev–Trinajstić information content (AvgIpc) is 2.88. The van der Waals surface area contributed by atoms with Gasteiger partial charge in [-0.05, 0) is 49.0 Å². The summed E-state index contributed by atoms with van der Waals surface area (Å²) in [5.74, 6) is -0.613. The second-order valence-corrected chi connectivity index (χ2v) is 7.79. The maximum Gasteiger partial charge on any atom is 0.329 e. The van der Waals surface area contributed by atoms with Crippen molar-refractivity contribution in [2.75, 3.05) is 11.5 Å². The van der Waals surface area contributed by atoms with Gasteiger partial charge in [0.05, 0.1) is 0 Å². The van der Waals surface area contributed by atoms with Crippen LogP contribution in [0.25, 0.3) is 0 Å². The van der Waals surface area contributed by atoms with Gasteiger partial charge in [-0.15, -0.1) is 0 Å². The van der Waals surface area contributed by atoms with E-state index in [0.29, 0.717) is 35.5 Å². The van der Waals surface area contributed by atoms with Crippen molar-refractivity contribution >= 4 is 35.6 Å². The Morgan fingerprint density at radius 1 is 1.15 bits per heavy atom. The van der Waals surface area contributed by atoms with Gasteiger partial charge >= 0.3 is 12.0 Å². The summed E-state index contributed by atoms with van der Waals surface area (Å²) in [4.78, 5) is 47.5. The molecule has 26 heavy (non-hydrogen) atoms. The Kier molecular flexibility index (Phi) is 4.66. The Balaban J connectivity index is 1.78. The number of imide groups is 1. The van der Waals surface area contributed by atoms with Crippen molar-refractivity contribution in [3.8, 4) is 0 Å². The van der Waals surface area contributed by atoms with Gasteiger partial charge in [0.25, 0.3) is 11.8 Å². The molecular weight excluding hydrogens is 358 g/mol. The molecule has 0 radical (unpaired) electrons. The van der Waals surface area contributed by atoms with Crippen molar-refractivity contribution < 1.29 is 24.3 Å². The van der Waals surface area contributed by atoms with E-state index in [1.54, 1.807) is 30.8 Å². The number of urea groups is 1. The first-order valence-electron chi connectivity index (χ1n) is 8.15. The maximum absolute atomic E-state index is 12.5. The summed E-state index contributed by atoms with van der Waals surface area (Å²) < 4.78 is 0. The zero-order chi connectivity index (χ0) is 18.9. The second-order valence-electron chi connectivity index (χ2n) is 6.56. The standard InChI is InChI=1S/C17H19N3O5S/c1-16(13(22)18-15(25)20-16)11-4-2-10(3-5-11)12(21)19-17(14(23)24)6-8-26-9-7-17/h2-5H,6-9H2,1H3,(H,19,21)(H,23,24)(H2,18,20,22,25). The SMILES string of the molecule is CC1(c2ccc(C(=O)NC3(C(=O)O)CCSCC3)cc2)NC(=O)NC1=O. The molecule has 2 aliphatic rings. The predicted molar refractivity (Wildman–Crippen MR) is 94.9 cm³/mol. The molecule has 8 nitrogen and oxygen atoms in total. The van der Waals surface area contributed by atoms with E-state index < -0.39 is 34.9 Å². The topological polar surface area (TPSA) is 125 Å². The van der Waals surface area contributed by atoms with Crippen LogP contribution < -0.4 is 16.0 Å². The van der Waals surface area contributed by atoms with E-state index in [1.165, 1.54) is 12.1 Å². The van der Waals surface area contributed by atoms with Gasteiger partial charge in [-0.1, -0.05) is 12.1 Å². The third kappa shape index (κ3) is 3.14. The molecule has 1 atom stereocenters. The Hall–Kier alpha value is -2.55. The molecule has 0 saturated carbocycles. The van der Waals surface area contributed by atoms with Crippen LogP contribution in [-0.4, -0.2) is 46.0 Å². The van der Waals surface area contributed by atoms with Crippen molar-refractivity contribution in [3.63, 3.8) is 0 Å². The molecule has 1 aromatic carbocycles. The van der Waals surface area contributed by atoms with Crippen LogP contribution in [0.3, 0.4) is 0 Å². The molecule has 0 aromatic heterocycles. The highest BCUT2D eigenvalue weighted by molar-refractivity contribution is 7.99. The smallest absolute Gasteiger partial charge is 0.329 e. The lowest BCUT2D eigenvalue weighted by molar-refractivity contribution is -0.144. The largest absolute Gasteiger partial charge is 0.480 e. The van der Waals surface area contributed by atoms with Gasteiger partial charge in [0.2, 0.25) is 0 Å². The first-order valence-corrected chi connectivity index (χ1v) is 9.30. The molecule has 2 heterocycles. The summed E-state index contributed by atoms with van der Waals surface area (Å²) in [7, 11) is 0. The Bertz CT molecular complexity index is 773. The van der Waals surface area contributed by atoms with E-state index in [2.05, 4.69) is 16.0 Å². The van der Waals surface area contributed by atoms with Crippen LogP contribution in [-0.2, 0) is 15.1 Å². The molecule has 0 bridgehead atoms. The van der Waals surface area contributed by atoms with Crippen LogP contribution in [0.2, 0.25) is 0 Å². The number of aliphatic carboxylic acids is 1. The number of rotatable bonds is 4. The molecular formula is C17H19N3O5S. The molecule has 138 valence electrons. The predicted octanol–water partition coefficient (Wildman–Crippen LogP) is 0.821. The number of thioether (sulfide) groups is 1. The minimum Gasteiger partial charge on any atom is -0.480 e. The fraction of sp³-hybridized carbons (Fsp3) is 0.412. The summed E-state index contributed by atoms with van der Waals surface area (Å²) in [6, 6.07) is 5.61. The summed E-state index contributed by atoms with van der Waals surface area (Å²) in [5.41, 5.74) is -1.62. The van der Waals surface area contributed by atoms with E-state index in [4.69, 9.17) is 0 Å². The van der Waals surface area contributed by atoms with Crippen molar-refractivity contribution in [2.45, 2.75) is 30.8 Å². The van der Waals surface area contributed by atoms with Crippen molar-refractivity contribution in [1.82, 2.24) is 16.0 Å². The number of benzene rings is 1. The zero-order valence-corrected chi connectivity index (χ0v) is 14.9. The quantitative estimate of drug-likeness (QED) is 0.576. The molecule has 2 aliphatic heterocycles. The molecule has 2 saturated heterocycles. The van der Waals surface area contributed by atoms with Crippen LogP contribution in [0.1, 0.15) is 35.7 Å². The lowest BCUT2D eigenvalue weighted by Crippen LogP contribution is -2.56. The number of carbonyl (C=O) groups excluding carboxylic acids is 3. The minimum atomic E-state index is -1.24. The van der Waals surface area contributed by atoms with Gasteiger partial charge in [-0.3, -0.25) is 14.9 Å². The number of amides is 4. The summed E-state index contributed by atoms with van der Waals surface area (Å²) in [5, 5.41) is 16.9. The van der Waals surface area contributed by atoms with E-state index in [1.807, 2.05) is 0 Å². The highest BCUT2D eigenvalue weighted by Crippen LogP contribution is 2.28. The van der Waals surface area contributed by atoms with Crippen LogP contribution >= 0.6 is 11.8 Å². The van der Waals surface area contributed by atoms with E-state index >= 15 is 0 Å². The molecule has 1 aromatic rings. The van der Waals surface area contributed by atoms with Gasteiger partial charge in [0.1, 0.15) is 11.1 Å². The molecule has 4 N–H and O–H groups in total. The van der Waals surface area contributed by atoms with Gasteiger partial charge in [0, 0.05) is 5.56 Å². The third-order valence-electron chi connectivity index (χ3n) is 4.88. The molecule has 3 rings (SSSR count). The van der Waals surface area contributed by atoms with Gasteiger partial charge in [0.15, 0.2) is 0 Å². The average molecular weight is 377 g/mol. The molecule has 2 fully saturated rings. The molecule has 9 heteroatoms. The summed E-state index contributed by atoms with van der Waals surface area (Å²) >= 11 is 1.67. The highest BCUT2D eigenvalue weighted by Gasteiger charge is 2.44. The van der Waals surface area contributed by atoms with Gasteiger partial charge < -0.3 is 15.7 Å². The number of hydrogen-bond acceptors (Lipinski definition) is 5. The van der Waals surface area contributed by atoms with E-state index in [9.17, 15) is 24.3 Å². The van der Waals surface area contributed by atoms with Crippen molar-refractivity contribution in [3.05, 3.63) is 35.4 Å². The fourth-order valence-corrected chi connectivity index (χ4v) is 4.29. The normalized spacial score (nSPS) is 24.5. The number of carboxylic acid groups (broad SMARTS) is 1. The Morgan fingerprint density at radius 3 is 2.27 bits per heavy atom. The summed E-state index contributed by atoms with van der Waals surface area (Å²) in [6.07, 6.45) is 0.752. The molecule has 4 amide bonds. The summed E-state index contributed by atoms with van der Waals surface area (Å²) in [6.45, 7) is 1.57. The van der Waals surface area contributed by atoms with E-state index in [-0.39, 0.29) is 0 Å². The Morgan fingerprint density at radius 2 is 1.77 bits per heavy atom. The van der Waals surface area contributed by atoms with Crippen molar-refractivity contribution in [2.24, 2.45) is 0 Å². The Labute approximate surface area is 154 Å². The van der Waals surface area contributed by atoms with Crippen LogP contribution in [0.5, 0.6) is 0 Å². The van der Waals surface area contributed by atoms with Crippen molar-refractivity contribution in [1.29, 1.82) is 0 Å². The van der Waals surface area contributed by atoms with Gasteiger partial charge in [-0.2, -0.15) is 11.8 Å². The maximum atomic E-state index is 12.5. The molecule has 0 aliphatic carbocycles. The van der Waals surface area contributed by atoms with Crippen LogP contribution in [0.15, 0.2) is 24.3 Å². The lowest BCUT2D eigenvalue weighted by atomic mass is 9.90. The third-order valence-corrected chi connectivity index (χ3v) is 5.86. The number of carboxylic acids is 1. The monoisotopic (exact) mass is 377 g/mol. The lowest BCUT2D eigenvalue weighted by Gasteiger charge is -2.33. The number of hydrogen-bond donors (Lipinski definition) is 4. The van der Waals surface area contributed by atoms with Crippen LogP contribution in [0, 0.1) is 0 Å². The van der Waals surface area contributed by atoms with Crippen LogP contribution in [0.4, 0.5) is 4.79 Å². The zero-order valence-electron chi connectivity index (χ0n) is 14.1. The molecule has 1 unspecified atom stereocenters. The highest BCUT2D eigenvalue weighted by atomic mass is 32.2.